The Bertz CT molecular complexity index is 911. The fourth-order valence-corrected chi connectivity index (χ4v) is 3.58. The van der Waals surface area contributed by atoms with Crippen molar-refractivity contribution in [3.8, 4) is 11.8 Å². The lowest BCUT2D eigenvalue weighted by Crippen LogP contribution is -2.40. The highest BCUT2D eigenvalue weighted by molar-refractivity contribution is 7.80. The van der Waals surface area contributed by atoms with Crippen LogP contribution in [0.3, 0.4) is 0 Å². The fraction of sp³-hybridized carbons (Fsp3) is 0.500. The van der Waals surface area contributed by atoms with Gasteiger partial charge >= 0.3 is 0 Å². The average molecular weight is 443 g/mol. The Morgan fingerprint density at radius 1 is 1.23 bits per heavy atom. The molecule has 1 aromatic carbocycles. The van der Waals surface area contributed by atoms with E-state index in [1.165, 1.54) is 0 Å². The molecule has 0 spiro atoms. The van der Waals surface area contributed by atoms with Crippen LogP contribution >= 0.6 is 12.2 Å². The van der Waals surface area contributed by atoms with Crippen molar-refractivity contribution in [2.75, 3.05) is 64.4 Å². The molecule has 0 atom stereocenters. The van der Waals surface area contributed by atoms with E-state index in [0.717, 1.165) is 62.5 Å². The van der Waals surface area contributed by atoms with Gasteiger partial charge < -0.3 is 25.4 Å². The Balaban J connectivity index is 1.39. The molecule has 3 rings (SSSR count). The predicted octanol–water partition coefficient (Wildman–Crippen LogP) is 2.10. The lowest BCUT2D eigenvalue weighted by atomic mass is 10.1. The summed E-state index contributed by atoms with van der Waals surface area (Å²) in [4.78, 5) is 7.00. The SMILES string of the molecule is CCOc1ccc2nc(NCCNC(=S)NCCCN3CCOCC3)c(C#N)cc2c1. The summed E-state index contributed by atoms with van der Waals surface area (Å²) in [6, 6.07) is 9.74. The zero-order valence-corrected chi connectivity index (χ0v) is 18.8. The molecule has 9 heteroatoms. The van der Waals surface area contributed by atoms with E-state index in [2.05, 4.69) is 31.9 Å². The summed E-state index contributed by atoms with van der Waals surface area (Å²) >= 11 is 5.34. The number of fused-ring (bicyclic) bond motifs is 1. The molecule has 166 valence electrons. The lowest BCUT2D eigenvalue weighted by molar-refractivity contribution is 0.0376. The molecule has 0 unspecified atom stereocenters. The van der Waals surface area contributed by atoms with Crippen LogP contribution in [-0.4, -0.2) is 74.1 Å². The third-order valence-corrected chi connectivity index (χ3v) is 5.25. The molecule has 0 amide bonds. The second kappa shape index (κ2) is 12.2. The number of nitriles is 1. The van der Waals surface area contributed by atoms with E-state index in [1.807, 2.05) is 31.2 Å². The summed E-state index contributed by atoms with van der Waals surface area (Å²) in [5.41, 5.74) is 1.32. The number of ether oxygens (including phenoxy) is 2. The van der Waals surface area contributed by atoms with E-state index >= 15 is 0 Å². The van der Waals surface area contributed by atoms with Crippen molar-refractivity contribution in [3.05, 3.63) is 29.8 Å². The van der Waals surface area contributed by atoms with Gasteiger partial charge in [-0.1, -0.05) is 0 Å². The zero-order valence-electron chi connectivity index (χ0n) is 17.9. The molecule has 1 saturated heterocycles. The van der Waals surface area contributed by atoms with Gasteiger partial charge in [0.2, 0.25) is 0 Å². The monoisotopic (exact) mass is 442 g/mol. The molecule has 2 aromatic rings. The Labute approximate surface area is 188 Å². The van der Waals surface area contributed by atoms with Gasteiger partial charge in [0, 0.05) is 38.1 Å². The fourth-order valence-electron chi connectivity index (χ4n) is 3.38. The minimum Gasteiger partial charge on any atom is -0.494 e. The lowest BCUT2D eigenvalue weighted by Gasteiger charge is -2.26. The van der Waals surface area contributed by atoms with Crippen LogP contribution in [0.15, 0.2) is 24.3 Å². The number of morpholine rings is 1. The number of benzene rings is 1. The van der Waals surface area contributed by atoms with E-state index < -0.39 is 0 Å². The molecule has 1 aromatic heterocycles. The molecule has 0 radical (unpaired) electrons. The normalized spacial score (nSPS) is 14.1. The quantitative estimate of drug-likeness (QED) is 0.378. The molecule has 0 saturated carbocycles. The topological polar surface area (TPSA) is 94.5 Å². The van der Waals surface area contributed by atoms with Gasteiger partial charge in [0.25, 0.3) is 0 Å². The van der Waals surface area contributed by atoms with E-state index in [0.29, 0.717) is 36.2 Å². The standard InChI is InChI=1S/C22H30N6O2S/c1-2-30-19-4-5-20-17(15-19)14-18(16-23)21(27-20)24-7-8-26-22(31)25-6-3-9-28-10-12-29-13-11-28/h4-5,14-15H,2-3,6-13H2,1H3,(H,24,27)(H2,25,26,31). The van der Waals surface area contributed by atoms with Gasteiger partial charge in [-0.3, -0.25) is 4.90 Å². The number of pyridine rings is 1. The number of anilines is 1. The Morgan fingerprint density at radius 2 is 2.03 bits per heavy atom. The van der Waals surface area contributed by atoms with Crippen LogP contribution in [0.2, 0.25) is 0 Å². The third-order valence-electron chi connectivity index (χ3n) is 4.96. The molecule has 8 nitrogen and oxygen atoms in total. The van der Waals surface area contributed by atoms with Crippen molar-refractivity contribution in [2.24, 2.45) is 0 Å². The first-order valence-corrected chi connectivity index (χ1v) is 11.1. The Morgan fingerprint density at radius 3 is 2.81 bits per heavy atom. The molecular weight excluding hydrogens is 412 g/mol. The van der Waals surface area contributed by atoms with Crippen molar-refractivity contribution in [2.45, 2.75) is 13.3 Å². The van der Waals surface area contributed by atoms with Crippen LogP contribution in [-0.2, 0) is 4.74 Å². The van der Waals surface area contributed by atoms with E-state index in [-0.39, 0.29) is 0 Å². The van der Waals surface area contributed by atoms with Crippen molar-refractivity contribution in [1.82, 2.24) is 20.5 Å². The highest BCUT2D eigenvalue weighted by Gasteiger charge is 2.10. The van der Waals surface area contributed by atoms with Crippen LogP contribution in [0.25, 0.3) is 10.9 Å². The van der Waals surface area contributed by atoms with E-state index in [1.54, 1.807) is 0 Å². The number of thiocarbonyl (C=S) groups is 1. The molecule has 1 aliphatic rings. The number of hydrogen-bond donors (Lipinski definition) is 3. The maximum atomic E-state index is 9.49. The Hall–Kier alpha value is -2.67. The molecule has 31 heavy (non-hydrogen) atoms. The molecule has 3 N–H and O–H groups in total. The number of nitrogens with zero attached hydrogens (tertiary/aromatic N) is 3. The van der Waals surface area contributed by atoms with E-state index in [9.17, 15) is 5.26 Å². The summed E-state index contributed by atoms with van der Waals surface area (Å²) in [5.74, 6) is 1.35. The second-order valence-electron chi connectivity index (χ2n) is 7.20. The smallest absolute Gasteiger partial charge is 0.166 e. The highest BCUT2D eigenvalue weighted by Crippen LogP contribution is 2.24. The maximum Gasteiger partial charge on any atom is 0.166 e. The van der Waals surface area contributed by atoms with Crippen molar-refractivity contribution >= 4 is 34.1 Å². The van der Waals surface area contributed by atoms with Gasteiger partial charge in [-0.25, -0.2) is 4.98 Å². The van der Waals surface area contributed by atoms with Gasteiger partial charge in [0.15, 0.2) is 5.11 Å². The van der Waals surface area contributed by atoms with Gasteiger partial charge in [-0.2, -0.15) is 5.26 Å². The predicted molar refractivity (Wildman–Crippen MR) is 127 cm³/mol. The van der Waals surface area contributed by atoms with Crippen LogP contribution in [0.1, 0.15) is 18.9 Å². The summed E-state index contributed by atoms with van der Waals surface area (Å²) < 4.78 is 10.9. The molecule has 1 aliphatic heterocycles. The summed E-state index contributed by atoms with van der Waals surface area (Å²) in [5, 5.41) is 20.7. The van der Waals surface area contributed by atoms with Crippen LogP contribution in [0.4, 0.5) is 5.82 Å². The van der Waals surface area contributed by atoms with Gasteiger partial charge in [0.1, 0.15) is 17.6 Å². The summed E-state index contributed by atoms with van der Waals surface area (Å²) in [6.45, 7) is 9.33. The van der Waals surface area contributed by atoms with Crippen molar-refractivity contribution < 1.29 is 9.47 Å². The highest BCUT2D eigenvalue weighted by atomic mass is 32.1. The maximum absolute atomic E-state index is 9.49. The van der Waals surface area contributed by atoms with Gasteiger partial charge in [-0.05, 0) is 56.4 Å². The number of rotatable bonds is 10. The molecule has 0 bridgehead atoms. The first-order valence-electron chi connectivity index (χ1n) is 10.7. The van der Waals surface area contributed by atoms with Gasteiger partial charge in [-0.15, -0.1) is 0 Å². The number of hydrogen-bond acceptors (Lipinski definition) is 7. The van der Waals surface area contributed by atoms with Gasteiger partial charge in [0.05, 0.1) is 30.9 Å². The van der Waals surface area contributed by atoms with Crippen molar-refractivity contribution in [1.29, 1.82) is 5.26 Å². The zero-order chi connectivity index (χ0) is 21.9. The van der Waals surface area contributed by atoms with Crippen LogP contribution in [0, 0.1) is 11.3 Å². The number of nitrogens with one attached hydrogen (secondary N) is 3. The summed E-state index contributed by atoms with van der Waals surface area (Å²) in [7, 11) is 0. The molecule has 1 fully saturated rings. The average Bonchev–Trinajstić information content (AvgIpc) is 2.80. The summed E-state index contributed by atoms with van der Waals surface area (Å²) in [6.07, 6.45) is 1.04. The van der Waals surface area contributed by atoms with Crippen LogP contribution in [0.5, 0.6) is 5.75 Å². The first-order chi connectivity index (χ1) is 15.2. The molecular formula is C22H30N6O2S. The molecule has 0 aliphatic carbocycles. The molecule has 2 heterocycles. The van der Waals surface area contributed by atoms with Crippen LogP contribution < -0.4 is 20.7 Å². The minimum absolute atomic E-state index is 0.505. The third kappa shape index (κ3) is 7.21. The second-order valence-corrected chi connectivity index (χ2v) is 7.61. The van der Waals surface area contributed by atoms with E-state index in [4.69, 9.17) is 21.7 Å². The number of aromatic nitrogens is 1. The van der Waals surface area contributed by atoms with Crippen molar-refractivity contribution in [3.63, 3.8) is 0 Å². The Kier molecular flexibility index (Phi) is 9.09. The minimum atomic E-state index is 0.505. The first kappa shape index (κ1) is 23.0. The largest absolute Gasteiger partial charge is 0.494 e.